The van der Waals surface area contributed by atoms with E-state index < -0.39 is 0 Å². The van der Waals surface area contributed by atoms with Gasteiger partial charge < -0.3 is 10.0 Å². The SMILES string of the molecule is Cc1ccc(C(=O)N2CCC(c3nnc4ccccn34)CC2)c(O)c1C. The molecule has 4 rings (SSSR count). The average Bonchev–Trinajstić information content (AvgIpc) is 3.10. The summed E-state index contributed by atoms with van der Waals surface area (Å²) in [5, 5.41) is 18.9. The van der Waals surface area contributed by atoms with Crippen LogP contribution in [0, 0.1) is 13.8 Å². The fourth-order valence-electron chi connectivity index (χ4n) is 3.62. The number of hydrogen-bond donors (Lipinski definition) is 1. The molecular formula is C20H22N4O2. The number of phenols is 1. The summed E-state index contributed by atoms with van der Waals surface area (Å²) in [5.41, 5.74) is 2.98. The van der Waals surface area contributed by atoms with E-state index in [1.165, 1.54) is 0 Å². The Morgan fingerprint density at radius 1 is 1.12 bits per heavy atom. The highest BCUT2D eigenvalue weighted by molar-refractivity contribution is 5.97. The van der Waals surface area contributed by atoms with E-state index in [-0.39, 0.29) is 17.6 Å². The molecule has 134 valence electrons. The zero-order valence-corrected chi connectivity index (χ0v) is 15.0. The van der Waals surface area contributed by atoms with Crippen LogP contribution in [0.15, 0.2) is 36.5 Å². The first-order valence-corrected chi connectivity index (χ1v) is 8.94. The molecule has 0 saturated carbocycles. The topological polar surface area (TPSA) is 70.7 Å². The van der Waals surface area contributed by atoms with E-state index in [1.807, 2.05) is 53.6 Å². The Bertz CT molecular complexity index is 971. The largest absolute Gasteiger partial charge is 0.507 e. The van der Waals surface area contributed by atoms with E-state index in [2.05, 4.69) is 10.2 Å². The van der Waals surface area contributed by atoms with Gasteiger partial charge in [0.05, 0.1) is 5.56 Å². The molecule has 6 heteroatoms. The summed E-state index contributed by atoms with van der Waals surface area (Å²) in [7, 11) is 0. The fraction of sp³-hybridized carbons (Fsp3) is 0.350. The molecule has 0 unspecified atom stereocenters. The minimum atomic E-state index is -0.102. The average molecular weight is 350 g/mol. The molecular weight excluding hydrogens is 328 g/mol. The molecule has 1 amide bonds. The van der Waals surface area contributed by atoms with Crippen LogP contribution in [0.25, 0.3) is 5.65 Å². The van der Waals surface area contributed by atoms with E-state index >= 15 is 0 Å². The second-order valence-electron chi connectivity index (χ2n) is 6.96. The summed E-state index contributed by atoms with van der Waals surface area (Å²) in [6.45, 7) is 5.07. The van der Waals surface area contributed by atoms with Crippen LogP contribution in [0.4, 0.5) is 0 Å². The molecule has 0 atom stereocenters. The standard InChI is InChI=1S/C20H22N4O2/c1-13-6-7-16(18(25)14(13)2)20(26)23-11-8-15(9-12-23)19-22-21-17-5-3-4-10-24(17)19/h3-7,10,15,25H,8-9,11-12H2,1-2H3. The number of rotatable bonds is 2. The highest BCUT2D eigenvalue weighted by Crippen LogP contribution is 2.30. The number of aromatic hydroxyl groups is 1. The van der Waals surface area contributed by atoms with Crippen molar-refractivity contribution in [3.05, 3.63) is 59.0 Å². The Labute approximate surface area is 152 Å². The van der Waals surface area contributed by atoms with Crippen LogP contribution >= 0.6 is 0 Å². The Kier molecular flexibility index (Phi) is 4.11. The van der Waals surface area contributed by atoms with Crippen molar-refractivity contribution in [1.82, 2.24) is 19.5 Å². The lowest BCUT2D eigenvalue weighted by atomic mass is 9.95. The Balaban J connectivity index is 1.50. The van der Waals surface area contributed by atoms with Gasteiger partial charge in [-0.25, -0.2) is 0 Å². The van der Waals surface area contributed by atoms with E-state index in [0.29, 0.717) is 18.7 Å². The second kappa shape index (κ2) is 6.44. The second-order valence-corrected chi connectivity index (χ2v) is 6.96. The lowest BCUT2D eigenvalue weighted by molar-refractivity contribution is 0.0707. The van der Waals surface area contributed by atoms with Crippen molar-refractivity contribution in [2.75, 3.05) is 13.1 Å². The lowest BCUT2D eigenvalue weighted by Crippen LogP contribution is -2.38. The van der Waals surface area contributed by atoms with E-state index in [0.717, 1.165) is 35.4 Å². The third-order valence-corrected chi connectivity index (χ3v) is 5.42. The number of phenolic OH excluding ortho intramolecular Hbond substituents is 1. The zero-order valence-electron chi connectivity index (χ0n) is 15.0. The van der Waals surface area contributed by atoms with Gasteiger partial charge in [0.25, 0.3) is 5.91 Å². The first-order chi connectivity index (χ1) is 12.6. The molecule has 1 saturated heterocycles. The minimum absolute atomic E-state index is 0.0978. The van der Waals surface area contributed by atoms with Gasteiger partial charge >= 0.3 is 0 Å². The smallest absolute Gasteiger partial charge is 0.257 e. The molecule has 2 aromatic heterocycles. The number of aromatic nitrogens is 3. The zero-order chi connectivity index (χ0) is 18.3. The molecule has 0 bridgehead atoms. The first kappa shape index (κ1) is 16.6. The molecule has 1 fully saturated rings. The highest BCUT2D eigenvalue weighted by atomic mass is 16.3. The number of piperidine rings is 1. The maximum Gasteiger partial charge on any atom is 0.257 e. The van der Waals surface area contributed by atoms with Crippen LogP contribution < -0.4 is 0 Å². The van der Waals surface area contributed by atoms with Gasteiger partial charge in [-0.15, -0.1) is 10.2 Å². The molecule has 26 heavy (non-hydrogen) atoms. The summed E-state index contributed by atoms with van der Waals surface area (Å²) < 4.78 is 2.03. The number of amides is 1. The van der Waals surface area contributed by atoms with E-state index in [1.54, 1.807) is 6.07 Å². The summed E-state index contributed by atoms with van der Waals surface area (Å²) in [6, 6.07) is 9.47. The van der Waals surface area contributed by atoms with Gasteiger partial charge in [-0.05, 0) is 56.0 Å². The number of likely N-dealkylation sites (tertiary alicyclic amines) is 1. The van der Waals surface area contributed by atoms with Crippen molar-refractivity contribution in [1.29, 1.82) is 0 Å². The van der Waals surface area contributed by atoms with Gasteiger partial charge in [0, 0.05) is 25.2 Å². The van der Waals surface area contributed by atoms with Gasteiger partial charge in [0.2, 0.25) is 0 Å². The third-order valence-electron chi connectivity index (χ3n) is 5.42. The number of nitrogens with zero attached hydrogens (tertiary/aromatic N) is 4. The molecule has 1 aliphatic heterocycles. The number of pyridine rings is 1. The summed E-state index contributed by atoms with van der Waals surface area (Å²) in [6.07, 6.45) is 3.66. The lowest BCUT2D eigenvalue weighted by Gasteiger charge is -2.31. The van der Waals surface area contributed by atoms with Gasteiger partial charge in [-0.2, -0.15) is 0 Å². The van der Waals surface area contributed by atoms with E-state index in [9.17, 15) is 9.90 Å². The van der Waals surface area contributed by atoms with Crippen molar-refractivity contribution in [3.8, 4) is 5.75 Å². The molecule has 0 spiro atoms. The van der Waals surface area contributed by atoms with Crippen LogP contribution in [0.2, 0.25) is 0 Å². The molecule has 0 aliphatic carbocycles. The molecule has 1 N–H and O–H groups in total. The van der Waals surface area contributed by atoms with Gasteiger partial charge in [0.1, 0.15) is 11.6 Å². The van der Waals surface area contributed by atoms with Crippen LogP contribution in [0.5, 0.6) is 5.75 Å². The number of benzene rings is 1. The summed E-state index contributed by atoms with van der Waals surface area (Å²) in [5.74, 6) is 1.24. The normalized spacial score (nSPS) is 15.5. The van der Waals surface area contributed by atoms with Crippen molar-refractivity contribution in [2.24, 2.45) is 0 Å². The van der Waals surface area contributed by atoms with Crippen molar-refractivity contribution in [2.45, 2.75) is 32.6 Å². The first-order valence-electron chi connectivity index (χ1n) is 8.94. The Morgan fingerprint density at radius 2 is 1.88 bits per heavy atom. The van der Waals surface area contributed by atoms with Gasteiger partial charge in [-0.3, -0.25) is 9.20 Å². The van der Waals surface area contributed by atoms with Gasteiger partial charge in [-0.1, -0.05) is 12.1 Å². The molecule has 3 heterocycles. The predicted molar refractivity (Wildman–Crippen MR) is 98.4 cm³/mol. The molecule has 3 aromatic rings. The predicted octanol–water partition coefficient (Wildman–Crippen LogP) is 3.07. The Morgan fingerprint density at radius 3 is 2.65 bits per heavy atom. The van der Waals surface area contributed by atoms with Crippen LogP contribution in [-0.2, 0) is 0 Å². The van der Waals surface area contributed by atoms with Crippen LogP contribution in [0.3, 0.4) is 0 Å². The monoisotopic (exact) mass is 350 g/mol. The maximum atomic E-state index is 12.8. The third kappa shape index (κ3) is 2.71. The highest BCUT2D eigenvalue weighted by Gasteiger charge is 2.28. The number of hydrogen-bond acceptors (Lipinski definition) is 4. The van der Waals surface area contributed by atoms with Crippen molar-refractivity contribution >= 4 is 11.6 Å². The number of fused-ring (bicyclic) bond motifs is 1. The molecule has 6 nitrogen and oxygen atoms in total. The quantitative estimate of drug-likeness (QED) is 0.771. The van der Waals surface area contributed by atoms with Crippen molar-refractivity contribution in [3.63, 3.8) is 0 Å². The van der Waals surface area contributed by atoms with E-state index in [4.69, 9.17) is 0 Å². The van der Waals surface area contributed by atoms with Gasteiger partial charge in [0.15, 0.2) is 5.65 Å². The molecule has 1 aliphatic rings. The number of aryl methyl sites for hydroxylation is 1. The minimum Gasteiger partial charge on any atom is -0.507 e. The maximum absolute atomic E-state index is 12.8. The van der Waals surface area contributed by atoms with Crippen molar-refractivity contribution < 1.29 is 9.90 Å². The fourth-order valence-corrected chi connectivity index (χ4v) is 3.62. The summed E-state index contributed by atoms with van der Waals surface area (Å²) >= 11 is 0. The number of carbonyl (C=O) groups excluding carboxylic acids is 1. The Hall–Kier alpha value is -2.89. The number of carbonyl (C=O) groups is 1. The molecule has 1 aromatic carbocycles. The summed E-state index contributed by atoms with van der Waals surface area (Å²) in [4.78, 5) is 14.6. The molecule has 0 radical (unpaired) electrons. The van der Waals surface area contributed by atoms with Crippen LogP contribution in [-0.4, -0.2) is 43.6 Å². The van der Waals surface area contributed by atoms with Crippen LogP contribution in [0.1, 0.15) is 46.1 Å².